The Bertz CT molecular complexity index is 278. The Labute approximate surface area is 86.5 Å². The van der Waals surface area contributed by atoms with Crippen LogP contribution in [0.4, 0.5) is 0 Å². The molecule has 80 valence electrons. The zero-order valence-electron chi connectivity index (χ0n) is 9.67. The van der Waals surface area contributed by atoms with E-state index in [1.54, 1.807) is 0 Å². The number of nitrogens with zero attached hydrogens (tertiary/aromatic N) is 2. The summed E-state index contributed by atoms with van der Waals surface area (Å²) < 4.78 is 2.14. The zero-order chi connectivity index (χ0) is 10.6. The normalized spacial score (nSPS) is 13.1. The van der Waals surface area contributed by atoms with Gasteiger partial charge in [-0.2, -0.15) is 5.10 Å². The number of nitrogens with one attached hydrogen (secondary N) is 1. The Balaban J connectivity index is 2.72. The Kier molecular flexibility index (Phi) is 4.14. The second-order valence-electron chi connectivity index (χ2n) is 3.74. The predicted octanol–water partition coefficient (Wildman–Crippen LogP) is 2.06. The van der Waals surface area contributed by atoms with Crippen LogP contribution in [0.15, 0.2) is 6.07 Å². The summed E-state index contributed by atoms with van der Waals surface area (Å²) >= 11 is 0. The first-order valence-electron chi connectivity index (χ1n) is 5.42. The molecule has 0 spiro atoms. The summed E-state index contributed by atoms with van der Waals surface area (Å²) in [6.45, 7) is 10.5. The standard InChI is InChI=1S/C11H21N3/c1-5-11(8-12-6-2)14-10(4)7-9(3)13-14/h7,11-12H,5-6,8H2,1-4H3. The molecule has 1 atom stereocenters. The van der Waals surface area contributed by atoms with Gasteiger partial charge in [0.2, 0.25) is 0 Å². The van der Waals surface area contributed by atoms with Crippen molar-refractivity contribution in [2.45, 2.75) is 40.2 Å². The van der Waals surface area contributed by atoms with Gasteiger partial charge in [-0.15, -0.1) is 0 Å². The fourth-order valence-corrected chi connectivity index (χ4v) is 1.73. The fourth-order valence-electron chi connectivity index (χ4n) is 1.73. The smallest absolute Gasteiger partial charge is 0.0644 e. The third kappa shape index (κ3) is 2.58. The molecule has 0 saturated heterocycles. The van der Waals surface area contributed by atoms with E-state index in [4.69, 9.17) is 0 Å². The maximum absolute atomic E-state index is 4.51. The summed E-state index contributed by atoms with van der Waals surface area (Å²) in [6.07, 6.45) is 1.12. The molecule has 0 saturated carbocycles. The molecule has 1 unspecified atom stereocenters. The molecule has 0 aliphatic carbocycles. The van der Waals surface area contributed by atoms with Crippen LogP contribution in [0.25, 0.3) is 0 Å². The number of aryl methyl sites for hydroxylation is 2. The average molecular weight is 195 g/mol. The fraction of sp³-hybridized carbons (Fsp3) is 0.727. The summed E-state index contributed by atoms with van der Waals surface area (Å²) in [4.78, 5) is 0. The van der Waals surface area contributed by atoms with E-state index in [0.29, 0.717) is 6.04 Å². The second kappa shape index (κ2) is 5.15. The molecule has 1 aromatic rings. The molecule has 1 aromatic heterocycles. The van der Waals surface area contributed by atoms with Crippen molar-refractivity contribution in [3.63, 3.8) is 0 Å². The molecule has 1 N–H and O–H groups in total. The SMILES string of the molecule is CCNCC(CC)n1nc(C)cc1C. The molecule has 0 aliphatic heterocycles. The molecular weight excluding hydrogens is 174 g/mol. The van der Waals surface area contributed by atoms with Crippen molar-refractivity contribution in [2.75, 3.05) is 13.1 Å². The van der Waals surface area contributed by atoms with E-state index in [2.05, 4.69) is 41.9 Å². The van der Waals surface area contributed by atoms with Gasteiger partial charge in [-0.1, -0.05) is 13.8 Å². The third-order valence-corrected chi connectivity index (χ3v) is 2.49. The summed E-state index contributed by atoms with van der Waals surface area (Å²) in [6, 6.07) is 2.62. The molecule has 0 amide bonds. The van der Waals surface area contributed by atoms with Crippen molar-refractivity contribution >= 4 is 0 Å². The first-order chi connectivity index (χ1) is 6.69. The van der Waals surface area contributed by atoms with Crippen LogP contribution in [-0.4, -0.2) is 22.9 Å². The van der Waals surface area contributed by atoms with Crippen LogP contribution in [0.2, 0.25) is 0 Å². The largest absolute Gasteiger partial charge is 0.315 e. The number of hydrogen-bond acceptors (Lipinski definition) is 2. The van der Waals surface area contributed by atoms with Crippen molar-refractivity contribution in [2.24, 2.45) is 0 Å². The highest BCUT2D eigenvalue weighted by molar-refractivity contribution is 5.07. The minimum atomic E-state index is 0.489. The molecule has 1 rings (SSSR count). The van der Waals surface area contributed by atoms with Gasteiger partial charge < -0.3 is 5.32 Å². The Hall–Kier alpha value is -0.830. The monoisotopic (exact) mass is 195 g/mol. The minimum Gasteiger partial charge on any atom is -0.315 e. The van der Waals surface area contributed by atoms with Gasteiger partial charge in [-0.3, -0.25) is 4.68 Å². The van der Waals surface area contributed by atoms with Crippen molar-refractivity contribution in [1.82, 2.24) is 15.1 Å². The molecule has 0 aromatic carbocycles. The van der Waals surface area contributed by atoms with Crippen LogP contribution in [0.5, 0.6) is 0 Å². The van der Waals surface area contributed by atoms with E-state index in [-0.39, 0.29) is 0 Å². The second-order valence-corrected chi connectivity index (χ2v) is 3.74. The molecule has 0 bridgehead atoms. The Morgan fingerprint density at radius 3 is 2.57 bits per heavy atom. The zero-order valence-corrected chi connectivity index (χ0v) is 9.67. The first-order valence-corrected chi connectivity index (χ1v) is 5.42. The van der Waals surface area contributed by atoms with Crippen molar-refractivity contribution in [3.05, 3.63) is 17.5 Å². The van der Waals surface area contributed by atoms with Crippen LogP contribution >= 0.6 is 0 Å². The Morgan fingerprint density at radius 2 is 2.14 bits per heavy atom. The molecule has 0 aliphatic rings. The van der Waals surface area contributed by atoms with Gasteiger partial charge in [0.15, 0.2) is 0 Å². The summed E-state index contributed by atoms with van der Waals surface area (Å²) in [5.41, 5.74) is 2.37. The number of hydrogen-bond donors (Lipinski definition) is 1. The van der Waals surface area contributed by atoms with Gasteiger partial charge in [-0.25, -0.2) is 0 Å². The van der Waals surface area contributed by atoms with Gasteiger partial charge in [0, 0.05) is 12.2 Å². The lowest BCUT2D eigenvalue weighted by molar-refractivity contribution is 0.407. The van der Waals surface area contributed by atoms with E-state index in [1.165, 1.54) is 5.69 Å². The van der Waals surface area contributed by atoms with Crippen LogP contribution in [0.1, 0.15) is 37.7 Å². The quantitative estimate of drug-likeness (QED) is 0.779. The first kappa shape index (κ1) is 11.2. The van der Waals surface area contributed by atoms with Crippen molar-refractivity contribution < 1.29 is 0 Å². The highest BCUT2D eigenvalue weighted by atomic mass is 15.3. The summed E-state index contributed by atoms with van der Waals surface area (Å²) in [7, 11) is 0. The molecule has 0 radical (unpaired) electrons. The van der Waals surface area contributed by atoms with Crippen molar-refractivity contribution in [1.29, 1.82) is 0 Å². The van der Waals surface area contributed by atoms with Gasteiger partial charge in [0.05, 0.1) is 11.7 Å². The minimum absolute atomic E-state index is 0.489. The van der Waals surface area contributed by atoms with E-state index in [0.717, 1.165) is 25.2 Å². The molecule has 1 heterocycles. The van der Waals surface area contributed by atoms with Crippen LogP contribution in [0, 0.1) is 13.8 Å². The maximum atomic E-state index is 4.51. The lowest BCUT2D eigenvalue weighted by atomic mass is 10.2. The van der Waals surface area contributed by atoms with Crippen LogP contribution in [0.3, 0.4) is 0 Å². The highest BCUT2D eigenvalue weighted by Gasteiger charge is 2.11. The number of rotatable bonds is 5. The van der Waals surface area contributed by atoms with Crippen molar-refractivity contribution in [3.8, 4) is 0 Å². The Morgan fingerprint density at radius 1 is 1.43 bits per heavy atom. The van der Waals surface area contributed by atoms with Crippen LogP contribution < -0.4 is 5.32 Å². The highest BCUT2D eigenvalue weighted by Crippen LogP contribution is 2.13. The van der Waals surface area contributed by atoms with E-state index in [9.17, 15) is 0 Å². The topological polar surface area (TPSA) is 29.9 Å². The van der Waals surface area contributed by atoms with E-state index >= 15 is 0 Å². The number of likely N-dealkylation sites (N-methyl/N-ethyl adjacent to an activating group) is 1. The van der Waals surface area contributed by atoms with Gasteiger partial charge in [-0.05, 0) is 32.9 Å². The maximum Gasteiger partial charge on any atom is 0.0644 e. The summed E-state index contributed by atoms with van der Waals surface area (Å²) in [5.74, 6) is 0. The molecular formula is C11H21N3. The number of aromatic nitrogens is 2. The molecule has 0 fully saturated rings. The molecule has 3 nitrogen and oxygen atoms in total. The average Bonchev–Trinajstić information content (AvgIpc) is 2.47. The summed E-state index contributed by atoms with van der Waals surface area (Å²) in [5, 5.41) is 7.88. The van der Waals surface area contributed by atoms with E-state index in [1.807, 2.05) is 6.92 Å². The van der Waals surface area contributed by atoms with Gasteiger partial charge in [0.25, 0.3) is 0 Å². The third-order valence-electron chi connectivity index (χ3n) is 2.49. The predicted molar refractivity (Wildman–Crippen MR) is 59.6 cm³/mol. The van der Waals surface area contributed by atoms with Gasteiger partial charge in [0.1, 0.15) is 0 Å². The lowest BCUT2D eigenvalue weighted by Crippen LogP contribution is -2.26. The van der Waals surface area contributed by atoms with Crippen LogP contribution in [-0.2, 0) is 0 Å². The van der Waals surface area contributed by atoms with Gasteiger partial charge >= 0.3 is 0 Å². The lowest BCUT2D eigenvalue weighted by Gasteiger charge is -2.17. The molecule has 14 heavy (non-hydrogen) atoms. The van der Waals surface area contributed by atoms with E-state index < -0.39 is 0 Å². The molecule has 3 heteroatoms.